The van der Waals surface area contributed by atoms with Crippen molar-refractivity contribution in [2.75, 3.05) is 0 Å². The van der Waals surface area contributed by atoms with Gasteiger partial charge < -0.3 is 5.32 Å². The Morgan fingerprint density at radius 1 is 1.43 bits per heavy atom. The number of urea groups is 1. The Hall–Kier alpha value is -0.330. The summed E-state index contributed by atoms with van der Waals surface area (Å²) in [5, 5.41) is 2.82. The van der Waals surface area contributed by atoms with Crippen molar-refractivity contribution in [1.82, 2.24) is 8.43 Å². The predicted octanol–water partition coefficient (Wildman–Crippen LogP) is 1.84. The van der Waals surface area contributed by atoms with Gasteiger partial charge in [0.15, 0.2) is 0 Å². The molecule has 1 aliphatic carbocycles. The lowest BCUT2D eigenvalue weighted by Crippen LogP contribution is -2.49. The summed E-state index contributed by atoms with van der Waals surface area (Å²) in [6, 6.07) is -0.259. The summed E-state index contributed by atoms with van der Waals surface area (Å²) in [4.78, 5) is 23.2. The average Bonchev–Trinajstić information content (AvgIpc) is 2.37. The highest BCUT2D eigenvalue weighted by atomic mass is 127. The second-order valence-corrected chi connectivity index (χ2v) is 5.25. The van der Waals surface area contributed by atoms with E-state index in [1.165, 1.54) is 3.11 Å². The van der Waals surface area contributed by atoms with E-state index < -0.39 is 5.54 Å². The number of nitrogens with zero attached hydrogens (tertiary/aromatic N) is 1. The summed E-state index contributed by atoms with van der Waals surface area (Å²) in [5.74, 6) is 0.614. The number of nitrogens with one attached hydrogen (secondary N) is 1. The molecule has 1 saturated carbocycles. The molecule has 78 valence electrons. The van der Waals surface area contributed by atoms with Gasteiger partial charge in [0.1, 0.15) is 5.54 Å². The molecule has 1 heterocycles. The minimum absolute atomic E-state index is 0.0602. The van der Waals surface area contributed by atoms with Crippen LogP contribution in [0.5, 0.6) is 0 Å². The Labute approximate surface area is 96.9 Å². The Bertz CT molecular complexity index is 285. The van der Waals surface area contributed by atoms with Gasteiger partial charge in [-0.3, -0.25) is 4.79 Å². The molecule has 0 aromatic rings. The molecule has 0 aromatic heterocycles. The molecule has 3 amide bonds. The van der Waals surface area contributed by atoms with Crippen LogP contribution in [0.1, 0.15) is 32.6 Å². The van der Waals surface area contributed by atoms with Gasteiger partial charge in [-0.2, -0.15) is 0 Å². The minimum Gasteiger partial charge on any atom is -0.322 e. The zero-order valence-corrected chi connectivity index (χ0v) is 10.2. The van der Waals surface area contributed by atoms with E-state index >= 15 is 0 Å². The summed E-state index contributed by atoms with van der Waals surface area (Å²) in [6.07, 6.45) is 3.63. The second-order valence-electron chi connectivity index (χ2n) is 4.28. The first-order valence-electron chi connectivity index (χ1n) is 4.88. The van der Waals surface area contributed by atoms with Gasteiger partial charge in [0.25, 0.3) is 5.91 Å². The fourth-order valence-electron chi connectivity index (χ4n) is 2.18. The smallest absolute Gasteiger partial charge is 0.322 e. The van der Waals surface area contributed by atoms with E-state index in [0.29, 0.717) is 5.92 Å². The number of halogens is 1. The highest BCUT2D eigenvalue weighted by Crippen LogP contribution is 2.37. The molecule has 1 saturated heterocycles. The maximum atomic E-state index is 11.8. The molecule has 1 N–H and O–H groups in total. The van der Waals surface area contributed by atoms with Crippen LogP contribution in [-0.4, -0.2) is 20.6 Å². The summed E-state index contributed by atoms with van der Waals surface area (Å²) < 4.78 is 1.17. The van der Waals surface area contributed by atoms with Crippen LogP contribution < -0.4 is 5.32 Å². The predicted molar refractivity (Wildman–Crippen MR) is 59.8 cm³/mol. The molecule has 0 radical (unpaired) electrons. The number of carbonyl (C=O) groups excluding carboxylic acids is 2. The monoisotopic (exact) mass is 308 g/mol. The number of hydrogen-bond acceptors (Lipinski definition) is 2. The third kappa shape index (κ3) is 1.41. The zero-order chi connectivity index (χ0) is 10.3. The molecule has 0 aromatic carbocycles. The molecule has 5 heteroatoms. The fraction of sp³-hybridized carbons (Fsp3) is 0.778. The lowest BCUT2D eigenvalue weighted by Gasteiger charge is -2.33. The van der Waals surface area contributed by atoms with E-state index in [4.69, 9.17) is 0 Å². The molecule has 1 aliphatic heterocycles. The normalized spacial score (nSPS) is 37.9. The van der Waals surface area contributed by atoms with Gasteiger partial charge in [-0.05, 0) is 31.6 Å². The Morgan fingerprint density at radius 3 is 2.43 bits per heavy atom. The fourth-order valence-corrected chi connectivity index (χ4v) is 2.76. The standard InChI is InChI=1S/C9H13IN2O2/c1-6-2-4-9(5-3-6)7(13)12(10)8(14)11-9/h6H,2-5H2,1H3,(H,11,14). The van der Waals surface area contributed by atoms with E-state index in [9.17, 15) is 9.59 Å². The van der Waals surface area contributed by atoms with Crippen molar-refractivity contribution in [1.29, 1.82) is 0 Å². The highest BCUT2D eigenvalue weighted by molar-refractivity contribution is 14.1. The third-order valence-electron chi connectivity index (χ3n) is 3.24. The highest BCUT2D eigenvalue weighted by Gasteiger charge is 2.51. The zero-order valence-electron chi connectivity index (χ0n) is 8.05. The molecule has 1 spiro atoms. The van der Waals surface area contributed by atoms with Gasteiger partial charge in [-0.25, -0.2) is 7.91 Å². The Kier molecular flexibility index (Phi) is 2.45. The van der Waals surface area contributed by atoms with Crippen molar-refractivity contribution >= 4 is 34.8 Å². The quantitative estimate of drug-likeness (QED) is 0.422. The van der Waals surface area contributed by atoms with Crippen molar-refractivity contribution in [2.24, 2.45) is 5.92 Å². The van der Waals surface area contributed by atoms with Crippen molar-refractivity contribution < 1.29 is 9.59 Å². The van der Waals surface area contributed by atoms with Crippen LogP contribution in [0.2, 0.25) is 0 Å². The SMILES string of the molecule is CC1CCC2(CC1)NC(=O)N(I)C2=O. The van der Waals surface area contributed by atoms with E-state index in [1.807, 2.05) is 0 Å². The van der Waals surface area contributed by atoms with Gasteiger partial charge in [0.2, 0.25) is 0 Å². The van der Waals surface area contributed by atoms with E-state index in [2.05, 4.69) is 12.2 Å². The Morgan fingerprint density at radius 2 is 2.00 bits per heavy atom. The van der Waals surface area contributed by atoms with Gasteiger partial charge in [-0.15, -0.1) is 0 Å². The Balaban J connectivity index is 2.18. The molecule has 2 fully saturated rings. The van der Waals surface area contributed by atoms with Crippen LogP contribution >= 0.6 is 22.9 Å². The van der Waals surface area contributed by atoms with Crippen LogP contribution in [0, 0.1) is 5.92 Å². The summed E-state index contributed by atoms with van der Waals surface area (Å²) >= 11 is 1.77. The van der Waals surface area contributed by atoms with E-state index in [0.717, 1.165) is 25.7 Å². The molecule has 14 heavy (non-hydrogen) atoms. The van der Waals surface area contributed by atoms with Crippen LogP contribution in [0.15, 0.2) is 0 Å². The number of rotatable bonds is 0. The van der Waals surface area contributed by atoms with Crippen LogP contribution in [-0.2, 0) is 4.79 Å². The molecular formula is C9H13IN2O2. The van der Waals surface area contributed by atoms with E-state index in [1.54, 1.807) is 22.9 Å². The van der Waals surface area contributed by atoms with Crippen LogP contribution in [0.3, 0.4) is 0 Å². The first-order chi connectivity index (χ1) is 6.55. The molecule has 2 rings (SSSR count). The topological polar surface area (TPSA) is 49.4 Å². The average molecular weight is 308 g/mol. The number of carbonyl (C=O) groups is 2. The van der Waals surface area contributed by atoms with Crippen molar-refractivity contribution in [2.45, 2.75) is 38.1 Å². The summed E-state index contributed by atoms with van der Waals surface area (Å²) in [6.45, 7) is 2.19. The lowest BCUT2D eigenvalue weighted by atomic mass is 9.77. The maximum absolute atomic E-state index is 11.8. The number of imide groups is 1. The molecule has 0 atom stereocenters. The molecule has 0 unspecified atom stereocenters. The summed E-state index contributed by atoms with van der Waals surface area (Å²) in [5.41, 5.74) is -0.565. The largest absolute Gasteiger partial charge is 0.334 e. The first-order valence-corrected chi connectivity index (χ1v) is 5.84. The maximum Gasteiger partial charge on any atom is 0.334 e. The van der Waals surface area contributed by atoms with Gasteiger partial charge in [0.05, 0.1) is 22.9 Å². The van der Waals surface area contributed by atoms with Gasteiger partial charge >= 0.3 is 6.03 Å². The third-order valence-corrected chi connectivity index (χ3v) is 4.12. The summed E-state index contributed by atoms with van der Waals surface area (Å²) in [7, 11) is 0. The first kappa shape index (κ1) is 10.2. The molecule has 0 bridgehead atoms. The number of amides is 3. The van der Waals surface area contributed by atoms with Gasteiger partial charge in [-0.1, -0.05) is 6.92 Å². The van der Waals surface area contributed by atoms with Crippen molar-refractivity contribution in [3.05, 3.63) is 0 Å². The van der Waals surface area contributed by atoms with Crippen molar-refractivity contribution in [3.8, 4) is 0 Å². The molecular weight excluding hydrogens is 295 g/mol. The second kappa shape index (κ2) is 3.36. The van der Waals surface area contributed by atoms with Crippen molar-refractivity contribution in [3.63, 3.8) is 0 Å². The lowest BCUT2D eigenvalue weighted by molar-refractivity contribution is -0.128. The number of hydrogen-bond donors (Lipinski definition) is 1. The van der Waals surface area contributed by atoms with Crippen LogP contribution in [0.4, 0.5) is 4.79 Å². The molecule has 2 aliphatic rings. The molecule has 4 nitrogen and oxygen atoms in total. The van der Waals surface area contributed by atoms with Gasteiger partial charge in [0, 0.05) is 0 Å². The minimum atomic E-state index is -0.565. The van der Waals surface area contributed by atoms with Crippen LogP contribution in [0.25, 0.3) is 0 Å². The van der Waals surface area contributed by atoms with E-state index in [-0.39, 0.29) is 11.9 Å².